The van der Waals surface area contributed by atoms with Gasteiger partial charge in [0.15, 0.2) is 10.7 Å². The predicted octanol–water partition coefficient (Wildman–Crippen LogP) is 0.864. The van der Waals surface area contributed by atoms with Crippen LogP contribution in [0.1, 0.15) is 0 Å². The number of hydrogen-bond acceptors (Lipinski definition) is 9. The molecule has 3 rings (SSSR count). The average Bonchev–Trinajstić information content (AvgIpc) is 2.90. The molecule has 3 aromatic heterocycles. The van der Waals surface area contributed by atoms with Gasteiger partial charge in [0.05, 0.1) is 4.92 Å². The Morgan fingerprint density at radius 3 is 3.00 bits per heavy atom. The van der Waals surface area contributed by atoms with Gasteiger partial charge in [0.2, 0.25) is 11.1 Å². The number of nitrogens with two attached hydrogens (primary N) is 1. The molecule has 0 aliphatic rings. The zero-order valence-electron chi connectivity index (χ0n) is 10.4. The van der Waals surface area contributed by atoms with Gasteiger partial charge in [-0.25, -0.2) is 10.8 Å². The molecule has 0 saturated carbocycles. The number of hydrazine groups is 1. The molecular weight excluding hydrogens is 296 g/mol. The van der Waals surface area contributed by atoms with Crippen LogP contribution in [0.3, 0.4) is 0 Å². The lowest BCUT2D eigenvalue weighted by Gasteiger charge is -2.03. The summed E-state index contributed by atoms with van der Waals surface area (Å²) in [5.74, 6) is 5.30. The van der Waals surface area contributed by atoms with Crippen LogP contribution >= 0.6 is 11.8 Å². The fraction of sp³-hybridized carbons (Fsp3) is 0. The molecule has 0 atom stereocenters. The van der Waals surface area contributed by atoms with Crippen molar-refractivity contribution in [1.29, 1.82) is 0 Å². The van der Waals surface area contributed by atoms with Gasteiger partial charge in [-0.15, -0.1) is 10.2 Å². The highest BCUT2D eigenvalue weighted by Crippen LogP contribution is 2.32. The topological polar surface area (TPSA) is 137 Å². The first-order chi connectivity index (χ1) is 10.2. The number of nitrogens with zero attached hydrogens (tertiary/aromatic N) is 6. The number of hydrogen-bond donors (Lipinski definition) is 2. The molecule has 3 N–H and O–H groups in total. The molecule has 0 spiro atoms. The predicted molar refractivity (Wildman–Crippen MR) is 73.6 cm³/mol. The van der Waals surface area contributed by atoms with E-state index < -0.39 is 4.92 Å². The van der Waals surface area contributed by atoms with Crippen LogP contribution in [0.25, 0.3) is 5.65 Å². The Hall–Kier alpha value is -2.79. The summed E-state index contributed by atoms with van der Waals surface area (Å²) >= 11 is 1.01. The van der Waals surface area contributed by atoms with Crippen LogP contribution in [0.2, 0.25) is 0 Å². The molecule has 0 unspecified atom stereocenters. The molecule has 3 aromatic rings. The highest BCUT2D eigenvalue weighted by atomic mass is 32.2. The number of aromatic nitrogens is 5. The van der Waals surface area contributed by atoms with Gasteiger partial charge in [0, 0.05) is 6.20 Å². The number of nitrogen functional groups attached to an aromatic ring is 1. The largest absolute Gasteiger partial charge is 0.320 e. The summed E-state index contributed by atoms with van der Waals surface area (Å²) in [6, 6.07) is 5.40. The normalized spacial score (nSPS) is 10.7. The number of nitrogens with one attached hydrogen (secondary N) is 1. The number of anilines is 1. The third-order valence-electron chi connectivity index (χ3n) is 2.53. The molecule has 106 valence electrons. The van der Waals surface area contributed by atoms with Crippen LogP contribution in [-0.2, 0) is 0 Å². The lowest BCUT2D eigenvalue weighted by molar-refractivity contribution is -0.388. The van der Waals surface area contributed by atoms with Crippen LogP contribution in [0.15, 0.2) is 40.8 Å². The van der Waals surface area contributed by atoms with E-state index in [0.29, 0.717) is 10.8 Å². The molecule has 0 bridgehead atoms. The minimum Gasteiger partial charge on any atom is -0.292 e. The molecule has 11 heteroatoms. The van der Waals surface area contributed by atoms with E-state index in [1.165, 1.54) is 0 Å². The van der Waals surface area contributed by atoms with Crippen molar-refractivity contribution in [3.8, 4) is 0 Å². The summed E-state index contributed by atoms with van der Waals surface area (Å²) in [5, 5.41) is 19.6. The fourth-order valence-corrected chi connectivity index (χ4v) is 2.48. The molecule has 21 heavy (non-hydrogen) atoms. The summed E-state index contributed by atoms with van der Waals surface area (Å²) in [4.78, 5) is 18.2. The van der Waals surface area contributed by atoms with Crippen molar-refractivity contribution in [2.45, 2.75) is 10.2 Å². The third-order valence-corrected chi connectivity index (χ3v) is 3.49. The minimum atomic E-state index is -0.564. The average molecular weight is 304 g/mol. The Labute approximate surface area is 121 Å². The van der Waals surface area contributed by atoms with Crippen molar-refractivity contribution < 1.29 is 4.92 Å². The zero-order valence-corrected chi connectivity index (χ0v) is 11.2. The lowest BCUT2D eigenvalue weighted by atomic mass is 10.5. The minimum absolute atomic E-state index is 0.0805. The van der Waals surface area contributed by atoms with Crippen LogP contribution in [0.4, 0.5) is 11.6 Å². The first kappa shape index (κ1) is 13.2. The summed E-state index contributed by atoms with van der Waals surface area (Å²) in [5.41, 5.74) is 2.65. The van der Waals surface area contributed by atoms with Crippen LogP contribution in [-0.4, -0.2) is 29.5 Å². The molecule has 0 amide bonds. The Morgan fingerprint density at radius 1 is 1.38 bits per heavy atom. The fourth-order valence-electron chi connectivity index (χ4n) is 1.61. The molecule has 0 saturated heterocycles. The molecule has 0 fully saturated rings. The Balaban J connectivity index is 2.06. The monoisotopic (exact) mass is 304 g/mol. The SMILES string of the molecule is NNc1ncc([N+](=O)[O-])c(Sc2nnc3ccccn23)n1. The Kier molecular flexibility index (Phi) is 3.33. The summed E-state index contributed by atoms with van der Waals surface area (Å²) < 4.78 is 1.70. The van der Waals surface area contributed by atoms with E-state index in [-0.39, 0.29) is 16.7 Å². The van der Waals surface area contributed by atoms with Crippen molar-refractivity contribution in [3.05, 3.63) is 40.7 Å². The van der Waals surface area contributed by atoms with E-state index in [1.807, 2.05) is 12.1 Å². The second kappa shape index (κ2) is 5.30. The van der Waals surface area contributed by atoms with E-state index in [2.05, 4.69) is 25.6 Å². The van der Waals surface area contributed by atoms with Gasteiger partial charge < -0.3 is 0 Å². The van der Waals surface area contributed by atoms with Crippen molar-refractivity contribution in [2.75, 3.05) is 5.43 Å². The van der Waals surface area contributed by atoms with Gasteiger partial charge in [-0.05, 0) is 23.9 Å². The molecular formula is C10H8N8O2S. The van der Waals surface area contributed by atoms with Crippen LogP contribution in [0, 0.1) is 10.1 Å². The maximum Gasteiger partial charge on any atom is 0.320 e. The number of fused-ring (bicyclic) bond motifs is 1. The van der Waals surface area contributed by atoms with E-state index in [4.69, 9.17) is 5.84 Å². The third kappa shape index (κ3) is 2.46. The van der Waals surface area contributed by atoms with E-state index in [0.717, 1.165) is 18.0 Å². The van der Waals surface area contributed by atoms with Gasteiger partial charge in [-0.3, -0.25) is 19.9 Å². The smallest absolute Gasteiger partial charge is 0.292 e. The molecule has 3 heterocycles. The molecule has 0 aliphatic heterocycles. The van der Waals surface area contributed by atoms with Crippen molar-refractivity contribution in [3.63, 3.8) is 0 Å². The van der Waals surface area contributed by atoms with Gasteiger partial charge >= 0.3 is 5.69 Å². The maximum atomic E-state index is 11.0. The van der Waals surface area contributed by atoms with Gasteiger partial charge in [0.1, 0.15) is 6.20 Å². The van der Waals surface area contributed by atoms with Crippen LogP contribution < -0.4 is 11.3 Å². The number of rotatable bonds is 4. The maximum absolute atomic E-state index is 11.0. The van der Waals surface area contributed by atoms with E-state index >= 15 is 0 Å². The van der Waals surface area contributed by atoms with Crippen LogP contribution in [0.5, 0.6) is 0 Å². The lowest BCUT2D eigenvalue weighted by Crippen LogP contribution is -2.11. The molecule has 0 radical (unpaired) electrons. The summed E-state index contributed by atoms with van der Waals surface area (Å²) in [6.07, 6.45) is 2.85. The quantitative estimate of drug-likeness (QED) is 0.311. The first-order valence-electron chi connectivity index (χ1n) is 5.64. The standard InChI is InChI=1S/C10H8N8O2S/c11-14-9-12-5-6(18(19)20)8(13-9)21-10-16-15-7-3-1-2-4-17(7)10/h1-5H,11H2,(H,12,13,14). The van der Waals surface area contributed by atoms with Gasteiger partial charge in [0.25, 0.3) is 0 Å². The summed E-state index contributed by atoms with van der Waals surface area (Å²) in [6.45, 7) is 0. The number of nitro groups is 1. The molecule has 0 aliphatic carbocycles. The van der Waals surface area contributed by atoms with Gasteiger partial charge in [-0.1, -0.05) is 6.07 Å². The molecule has 0 aromatic carbocycles. The Morgan fingerprint density at radius 2 is 2.24 bits per heavy atom. The second-order valence-electron chi connectivity index (χ2n) is 3.80. The van der Waals surface area contributed by atoms with Crippen molar-refractivity contribution in [1.82, 2.24) is 24.6 Å². The first-order valence-corrected chi connectivity index (χ1v) is 6.46. The van der Waals surface area contributed by atoms with Gasteiger partial charge in [-0.2, -0.15) is 4.98 Å². The molecule has 10 nitrogen and oxygen atoms in total. The zero-order chi connectivity index (χ0) is 14.8. The van der Waals surface area contributed by atoms with Crippen molar-refractivity contribution in [2.24, 2.45) is 5.84 Å². The van der Waals surface area contributed by atoms with E-state index in [1.54, 1.807) is 16.7 Å². The van der Waals surface area contributed by atoms with E-state index in [9.17, 15) is 10.1 Å². The highest BCUT2D eigenvalue weighted by molar-refractivity contribution is 7.99. The summed E-state index contributed by atoms with van der Waals surface area (Å²) in [7, 11) is 0. The number of pyridine rings is 1. The van der Waals surface area contributed by atoms with Crippen molar-refractivity contribution >= 4 is 29.0 Å². The highest BCUT2D eigenvalue weighted by Gasteiger charge is 2.20. The second-order valence-corrected chi connectivity index (χ2v) is 4.75. The Bertz CT molecular complexity index is 820.